The van der Waals surface area contributed by atoms with Crippen molar-refractivity contribution < 1.29 is 14.3 Å². The molecule has 0 radical (unpaired) electrons. The number of para-hydroxylation sites is 1. The van der Waals surface area contributed by atoms with E-state index in [1.165, 1.54) is 0 Å². The average Bonchev–Trinajstić information content (AvgIpc) is 2.71. The number of benzene rings is 1. The maximum absolute atomic E-state index is 11.7. The summed E-state index contributed by atoms with van der Waals surface area (Å²) in [6.07, 6.45) is 3.42. The van der Waals surface area contributed by atoms with Crippen LogP contribution in [-0.2, 0) is 11.3 Å². The van der Waals surface area contributed by atoms with Crippen molar-refractivity contribution in [3.05, 3.63) is 59.4 Å². The highest BCUT2D eigenvalue weighted by Crippen LogP contribution is 2.36. The van der Waals surface area contributed by atoms with Gasteiger partial charge in [0.1, 0.15) is 12.3 Å². The molecule has 2 aromatic heterocycles. The minimum atomic E-state index is 0.418. The Hall–Kier alpha value is -3.21. The molecule has 1 aromatic carbocycles. The average molecular weight is 346 g/mol. The fraction of sp³-hybridized carbons (Fsp3) is 0.190. The van der Waals surface area contributed by atoms with Gasteiger partial charge >= 0.3 is 0 Å². The van der Waals surface area contributed by atoms with Gasteiger partial charge in [-0.05, 0) is 35.8 Å². The van der Waals surface area contributed by atoms with Gasteiger partial charge in [0.2, 0.25) is 5.88 Å². The molecule has 5 nitrogen and oxygen atoms in total. The molecule has 0 fully saturated rings. The van der Waals surface area contributed by atoms with Crippen LogP contribution in [0.15, 0.2) is 42.7 Å². The number of carbonyl (C=O) groups is 1. The van der Waals surface area contributed by atoms with E-state index >= 15 is 0 Å². The molecule has 3 aromatic rings. The van der Waals surface area contributed by atoms with E-state index in [0.717, 1.165) is 40.3 Å². The van der Waals surface area contributed by atoms with E-state index in [9.17, 15) is 4.79 Å². The molecule has 0 saturated heterocycles. The second kappa shape index (κ2) is 6.59. The monoisotopic (exact) mass is 346 g/mol. The Labute approximate surface area is 151 Å². The first-order valence-electron chi connectivity index (χ1n) is 8.49. The molecule has 4 rings (SSSR count). The molecule has 0 N–H and O–H groups in total. The summed E-state index contributed by atoms with van der Waals surface area (Å²) in [5.41, 5.74) is 5.53. The van der Waals surface area contributed by atoms with Crippen molar-refractivity contribution in [2.75, 3.05) is 7.11 Å². The molecular formula is C21H18N2O3. The maximum Gasteiger partial charge on any atom is 0.221 e. The summed E-state index contributed by atoms with van der Waals surface area (Å²) in [6.45, 7) is 2.49. The molecule has 0 amide bonds. The number of carbonyl (C=O) groups excluding carboxylic acids is 1. The largest absolute Gasteiger partial charge is 0.496 e. The zero-order valence-electron chi connectivity index (χ0n) is 14.7. The van der Waals surface area contributed by atoms with Crippen LogP contribution in [0.5, 0.6) is 5.88 Å². The van der Waals surface area contributed by atoms with Crippen molar-refractivity contribution in [2.24, 2.45) is 0 Å². The summed E-state index contributed by atoms with van der Waals surface area (Å²) >= 11 is 0. The highest BCUT2D eigenvalue weighted by molar-refractivity contribution is 5.93. The number of pyridine rings is 2. The number of fused-ring (bicyclic) bond motifs is 2. The molecule has 1 aliphatic rings. The van der Waals surface area contributed by atoms with Crippen molar-refractivity contribution in [3.63, 3.8) is 0 Å². The number of ether oxygens (including phenoxy) is 2. The molecule has 0 spiro atoms. The van der Waals surface area contributed by atoms with E-state index in [4.69, 9.17) is 14.5 Å². The lowest BCUT2D eigenvalue weighted by Gasteiger charge is -2.20. The number of allylic oxidation sites excluding steroid dienone is 1. The first-order chi connectivity index (χ1) is 12.7. The number of nitrogens with zero attached hydrogens (tertiary/aromatic N) is 2. The van der Waals surface area contributed by atoms with E-state index in [-0.39, 0.29) is 0 Å². The minimum absolute atomic E-state index is 0.418. The van der Waals surface area contributed by atoms with Gasteiger partial charge in [0, 0.05) is 10.9 Å². The van der Waals surface area contributed by atoms with Crippen LogP contribution in [-0.4, -0.2) is 23.4 Å². The Kier molecular flexibility index (Phi) is 4.13. The molecule has 26 heavy (non-hydrogen) atoms. The van der Waals surface area contributed by atoms with Crippen molar-refractivity contribution in [3.8, 4) is 17.3 Å². The smallest absolute Gasteiger partial charge is 0.221 e. The Balaban J connectivity index is 1.98. The van der Waals surface area contributed by atoms with Gasteiger partial charge in [-0.1, -0.05) is 25.1 Å². The fourth-order valence-corrected chi connectivity index (χ4v) is 3.25. The van der Waals surface area contributed by atoms with Gasteiger partial charge in [-0.15, -0.1) is 0 Å². The second-order valence-electron chi connectivity index (χ2n) is 6.09. The molecule has 1 aliphatic heterocycles. The van der Waals surface area contributed by atoms with Crippen LogP contribution in [0.2, 0.25) is 0 Å². The van der Waals surface area contributed by atoms with E-state index < -0.39 is 0 Å². The van der Waals surface area contributed by atoms with E-state index in [1.807, 2.05) is 36.4 Å². The number of hydrogen-bond donors (Lipinski definition) is 0. The molecule has 0 aliphatic carbocycles. The van der Waals surface area contributed by atoms with Crippen molar-refractivity contribution in [1.29, 1.82) is 0 Å². The molecule has 3 heterocycles. The quantitative estimate of drug-likeness (QED) is 0.655. The Morgan fingerprint density at radius 2 is 2.08 bits per heavy atom. The number of hydrogen-bond acceptors (Lipinski definition) is 5. The molecule has 0 saturated carbocycles. The van der Waals surface area contributed by atoms with Crippen LogP contribution in [0.25, 0.3) is 27.9 Å². The van der Waals surface area contributed by atoms with Gasteiger partial charge in [-0.2, -0.15) is 0 Å². The summed E-state index contributed by atoms with van der Waals surface area (Å²) in [4.78, 5) is 21.0. The van der Waals surface area contributed by atoms with Gasteiger partial charge in [0.05, 0.1) is 30.1 Å². The fourth-order valence-electron chi connectivity index (χ4n) is 3.25. The maximum atomic E-state index is 11.7. The zero-order valence-corrected chi connectivity index (χ0v) is 14.7. The third-order valence-electron chi connectivity index (χ3n) is 4.58. The number of aldehydes is 1. The van der Waals surface area contributed by atoms with Crippen molar-refractivity contribution >= 4 is 22.8 Å². The van der Waals surface area contributed by atoms with Crippen LogP contribution >= 0.6 is 0 Å². The predicted octanol–water partition coefficient (Wildman–Crippen LogP) is 4.40. The van der Waals surface area contributed by atoms with Crippen molar-refractivity contribution in [1.82, 2.24) is 9.97 Å². The number of methoxy groups -OCH3 is 1. The highest BCUT2D eigenvalue weighted by atomic mass is 16.5. The summed E-state index contributed by atoms with van der Waals surface area (Å²) in [7, 11) is 1.59. The Morgan fingerprint density at radius 1 is 1.23 bits per heavy atom. The third kappa shape index (κ3) is 2.62. The van der Waals surface area contributed by atoms with E-state index in [1.54, 1.807) is 13.4 Å². The van der Waals surface area contributed by atoms with Gasteiger partial charge in [-0.3, -0.25) is 4.79 Å². The lowest BCUT2D eigenvalue weighted by atomic mass is 9.96. The summed E-state index contributed by atoms with van der Waals surface area (Å²) in [5, 5.41) is 0.922. The third-order valence-corrected chi connectivity index (χ3v) is 4.58. The standard InChI is InChI=1S/C21H18N2O3/c1-3-13-11-26-12-17-16(13)9-19(23-21(17)25-2)20-15(10-24)8-14-6-4-5-7-18(14)22-20/h4-11H,3,12H2,1-2H3. The minimum Gasteiger partial charge on any atom is -0.496 e. The normalized spacial score (nSPS) is 12.9. The molecule has 0 atom stereocenters. The van der Waals surface area contributed by atoms with Crippen LogP contribution < -0.4 is 4.74 Å². The molecule has 5 heteroatoms. The first-order valence-corrected chi connectivity index (χ1v) is 8.49. The molecular weight excluding hydrogens is 328 g/mol. The zero-order chi connectivity index (χ0) is 18.1. The van der Waals surface area contributed by atoms with Crippen LogP contribution in [0.4, 0.5) is 0 Å². The van der Waals surface area contributed by atoms with Gasteiger partial charge in [0.25, 0.3) is 0 Å². The first kappa shape index (κ1) is 16.3. The van der Waals surface area contributed by atoms with Crippen LogP contribution in [0.3, 0.4) is 0 Å². The predicted molar refractivity (Wildman–Crippen MR) is 100.0 cm³/mol. The summed E-state index contributed by atoms with van der Waals surface area (Å²) < 4.78 is 11.0. The molecule has 0 bridgehead atoms. The van der Waals surface area contributed by atoms with Gasteiger partial charge in [-0.25, -0.2) is 9.97 Å². The van der Waals surface area contributed by atoms with E-state index in [2.05, 4.69) is 11.9 Å². The van der Waals surface area contributed by atoms with Crippen molar-refractivity contribution in [2.45, 2.75) is 20.0 Å². The Bertz CT molecular complexity index is 1040. The number of rotatable bonds is 4. The Morgan fingerprint density at radius 3 is 2.85 bits per heavy atom. The molecule has 0 unspecified atom stereocenters. The van der Waals surface area contributed by atoms with Gasteiger partial charge in [0.15, 0.2) is 6.29 Å². The topological polar surface area (TPSA) is 61.3 Å². The summed E-state index contributed by atoms with van der Waals surface area (Å²) in [5.74, 6) is 0.503. The van der Waals surface area contributed by atoms with Gasteiger partial charge < -0.3 is 9.47 Å². The summed E-state index contributed by atoms with van der Waals surface area (Å²) in [6, 6.07) is 11.5. The SMILES string of the molecule is CCC1=COCc2c1cc(-c1nc3ccccc3cc1C=O)nc2OC. The second-order valence-corrected chi connectivity index (χ2v) is 6.09. The van der Waals surface area contributed by atoms with Crippen LogP contribution in [0, 0.1) is 0 Å². The number of aromatic nitrogens is 2. The highest BCUT2D eigenvalue weighted by Gasteiger charge is 2.22. The van der Waals surface area contributed by atoms with E-state index in [0.29, 0.717) is 29.4 Å². The lowest BCUT2D eigenvalue weighted by molar-refractivity contribution is 0.112. The molecule has 130 valence electrons. The van der Waals surface area contributed by atoms with Crippen LogP contribution in [0.1, 0.15) is 34.8 Å². The lowest BCUT2D eigenvalue weighted by Crippen LogP contribution is -2.08.